The van der Waals surface area contributed by atoms with Crippen LogP contribution in [0.3, 0.4) is 0 Å². The van der Waals surface area contributed by atoms with Crippen molar-refractivity contribution >= 4 is 17.6 Å². The van der Waals surface area contributed by atoms with E-state index in [4.69, 9.17) is 10.5 Å². The molecule has 1 aliphatic rings. The molecule has 1 aliphatic carbocycles. The lowest BCUT2D eigenvalue weighted by atomic mass is 9.64. The van der Waals surface area contributed by atoms with Gasteiger partial charge in [-0.25, -0.2) is 5.01 Å². The van der Waals surface area contributed by atoms with Crippen LogP contribution in [0.2, 0.25) is 0 Å². The van der Waals surface area contributed by atoms with Gasteiger partial charge in [0.05, 0.1) is 24.2 Å². The van der Waals surface area contributed by atoms with Crippen molar-refractivity contribution in [2.24, 2.45) is 17.1 Å². The SMILES string of the molecule is CN(C)NC(=O)[C@@]1(Cc2ccccc2)CCC[C@@H](C(=O)C(COCc2ccccc2)NC(=O)C(C)(C)N)C1. The maximum absolute atomic E-state index is 13.9. The van der Waals surface area contributed by atoms with Crippen LogP contribution >= 0.6 is 0 Å². The molecule has 0 heterocycles. The molecule has 206 valence electrons. The number of nitrogens with two attached hydrogens (primary N) is 1. The number of nitrogens with one attached hydrogen (secondary N) is 2. The van der Waals surface area contributed by atoms with Crippen LogP contribution in [0.4, 0.5) is 0 Å². The number of hydrogen-bond acceptors (Lipinski definition) is 6. The van der Waals surface area contributed by atoms with Gasteiger partial charge in [-0.15, -0.1) is 0 Å². The molecule has 1 fully saturated rings. The van der Waals surface area contributed by atoms with E-state index < -0.39 is 28.8 Å². The Kier molecular flexibility index (Phi) is 10.2. The third-order valence-corrected chi connectivity index (χ3v) is 7.07. The second-order valence-electron chi connectivity index (χ2n) is 11.2. The summed E-state index contributed by atoms with van der Waals surface area (Å²) in [5, 5.41) is 4.47. The molecule has 38 heavy (non-hydrogen) atoms. The number of Topliss-reactive ketones (excluding diaryl/α,β-unsaturated/α-hetero) is 1. The van der Waals surface area contributed by atoms with Crippen molar-refractivity contribution in [3.63, 3.8) is 0 Å². The average Bonchev–Trinajstić information content (AvgIpc) is 2.88. The number of hydrazine groups is 1. The summed E-state index contributed by atoms with van der Waals surface area (Å²) in [7, 11) is 3.56. The summed E-state index contributed by atoms with van der Waals surface area (Å²) in [6.45, 7) is 3.56. The molecule has 0 bridgehead atoms. The van der Waals surface area contributed by atoms with Gasteiger partial charge in [0.15, 0.2) is 5.78 Å². The maximum atomic E-state index is 13.9. The predicted molar refractivity (Wildman–Crippen MR) is 148 cm³/mol. The molecule has 0 radical (unpaired) electrons. The largest absolute Gasteiger partial charge is 0.374 e. The molecule has 8 nitrogen and oxygen atoms in total. The van der Waals surface area contributed by atoms with Crippen molar-refractivity contribution in [2.75, 3.05) is 20.7 Å². The van der Waals surface area contributed by atoms with E-state index in [1.807, 2.05) is 60.7 Å². The maximum Gasteiger partial charge on any atom is 0.240 e. The van der Waals surface area contributed by atoms with E-state index in [0.29, 0.717) is 32.3 Å². The third kappa shape index (κ3) is 8.21. The average molecular weight is 523 g/mol. The van der Waals surface area contributed by atoms with E-state index >= 15 is 0 Å². The first-order valence-electron chi connectivity index (χ1n) is 13.3. The van der Waals surface area contributed by atoms with Gasteiger partial charge in [0.2, 0.25) is 11.8 Å². The van der Waals surface area contributed by atoms with Gasteiger partial charge in [-0.1, -0.05) is 67.1 Å². The quantitative estimate of drug-likeness (QED) is 0.369. The molecule has 0 spiro atoms. The third-order valence-electron chi connectivity index (χ3n) is 7.07. The summed E-state index contributed by atoms with van der Waals surface area (Å²) < 4.78 is 5.89. The summed E-state index contributed by atoms with van der Waals surface area (Å²) >= 11 is 0. The molecule has 1 unspecified atom stereocenters. The van der Waals surface area contributed by atoms with Crippen molar-refractivity contribution in [3.8, 4) is 0 Å². The van der Waals surface area contributed by atoms with Gasteiger partial charge in [-0.05, 0) is 50.7 Å². The van der Waals surface area contributed by atoms with Crippen LogP contribution < -0.4 is 16.5 Å². The summed E-state index contributed by atoms with van der Waals surface area (Å²) in [6, 6.07) is 18.7. The van der Waals surface area contributed by atoms with Gasteiger partial charge in [-0.3, -0.25) is 19.8 Å². The molecule has 3 rings (SSSR count). The van der Waals surface area contributed by atoms with Crippen molar-refractivity contribution in [3.05, 3.63) is 71.8 Å². The van der Waals surface area contributed by atoms with Gasteiger partial charge in [0.25, 0.3) is 0 Å². The van der Waals surface area contributed by atoms with Crippen molar-refractivity contribution in [2.45, 2.75) is 64.1 Å². The van der Waals surface area contributed by atoms with E-state index in [0.717, 1.165) is 17.5 Å². The van der Waals surface area contributed by atoms with E-state index in [9.17, 15) is 14.4 Å². The minimum absolute atomic E-state index is 0.0294. The van der Waals surface area contributed by atoms with Crippen LogP contribution in [0, 0.1) is 11.3 Å². The van der Waals surface area contributed by atoms with Gasteiger partial charge in [0, 0.05) is 20.0 Å². The molecule has 0 saturated heterocycles. The van der Waals surface area contributed by atoms with E-state index in [1.54, 1.807) is 33.0 Å². The molecule has 0 aromatic heterocycles. The lowest BCUT2D eigenvalue weighted by Crippen LogP contribution is -2.57. The molecule has 1 saturated carbocycles. The normalized spacial score (nSPS) is 20.5. The number of benzene rings is 2. The number of carbonyl (C=O) groups is 3. The summed E-state index contributed by atoms with van der Waals surface area (Å²) in [5.74, 6) is -1.03. The highest BCUT2D eigenvalue weighted by Crippen LogP contribution is 2.43. The zero-order chi connectivity index (χ0) is 27.8. The van der Waals surface area contributed by atoms with Crippen molar-refractivity contribution < 1.29 is 19.1 Å². The van der Waals surface area contributed by atoms with Gasteiger partial charge in [0.1, 0.15) is 6.04 Å². The lowest BCUT2D eigenvalue weighted by Gasteiger charge is -2.41. The van der Waals surface area contributed by atoms with Crippen LogP contribution in [0.15, 0.2) is 60.7 Å². The predicted octanol–water partition coefficient (Wildman–Crippen LogP) is 3.01. The molecule has 8 heteroatoms. The fourth-order valence-corrected chi connectivity index (χ4v) is 5.05. The number of carbonyl (C=O) groups excluding carboxylic acids is 3. The standard InChI is InChI=1S/C30H42N4O4/c1-29(2,31)27(36)32-25(21-38-20-23-14-9-6-10-15-23)26(35)24-16-11-17-30(19-24,28(37)33-34(3)4)18-22-12-7-5-8-13-22/h5-10,12-15,24-25H,11,16-21,31H2,1-4H3,(H,32,36)(H,33,37)/t24-,25?,30-/m1/s1. The van der Waals surface area contributed by atoms with E-state index in [1.165, 1.54) is 0 Å². The Morgan fingerprint density at radius 3 is 2.24 bits per heavy atom. The zero-order valence-electron chi connectivity index (χ0n) is 23.0. The molecular formula is C30H42N4O4. The minimum atomic E-state index is -1.15. The number of hydrogen-bond donors (Lipinski definition) is 3. The number of nitrogens with zero attached hydrogens (tertiary/aromatic N) is 1. The molecule has 2 aromatic rings. The van der Waals surface area contributed by atoms with Gasteiger partial charge in [-0.2, -0.15) is 0 Å². The number of rotatable bonds is 12. The first-order chi connectivity index (χ1) is 18.0. The van der Waals surface area contributed by atoms with Gasteiger partial charge < -0.3 is 15.8 Å². The highest BCUT2D eigenvalue weighted by molar-refractivity contribution is 5.94. The zero-order valence-corrected chi connectivity index (χ0v) is 23.0. The Morgan fingerprint density at radius 1 is 1.05 bits per heavy atom. The highest BCUT2D eigenvalue weighted by atomic mass is 16.5. The van der Waals surface area contributed by atoms with Crippen molar-refractivity contribution in [1.82, 2.24) is 15.8 Å². The van der Waals surface area contributed by atoms with Gasteiger partial charge >= 0.3 is 0 Å². The Balaban J connectivity index is 1.81. The monoisotopic (exact) mass is 522 g/mol. The van der Waals surface area contributed by atoms with Crippen LogP contribution in [0.25, 0.3) is 0 Å². The Hall–Kier alpha value is -3.07. The number of ether oxygens (including phenoxy) is 1. The van der Waals surface area contributed by atoms with E-state index in [2.05, 4.69) is 10.7 Å². The first-order valence-corrected chi connectivity index (χ1v) is 13.3. The number of ketones is 1. The second kappa shape index (κ2) is 13.1. The Labute approximate surface area is 226 Å². The molecule has 2 amide bonds. The molecule has 0 aliphatic heterocycles. The molecule has 3 atom stereocenters. The van der Waals surface area contributed by atoms with Crippen LogP contribution in [-0.4, -0.2) is 54.9 Å². The van der Waals surface area contributed by atoms with Crippen LogP contribution in [-0.2, 0) is 32.1 Å². The summed E-state index contributed by atoms with van der Waals surface area (Å²) in [6.07, 6.45) is 3.01. The van der Waals surface area contributed by atoms with E-state index in [-0.39, 0.29) is 18.3 Å². The Bertz CT molecular complexity index is 1070. The second-order valence-corrected chi connectivity index (χ2v) is 11.2. The number of amides is 2. The smallest absolute Gasteiger partial charge is 0.240 e. The molecular weight excluding hydrogens is 480 g/mol. The first kappa shape index (κ1) is 29.5. The molecule has 4 N–H and O–H groups in total. The fraction of sp³-hybridized carbons (Fsp3) is 0.500. The molecule has 2 aromatic carbocycles. The highest BCUT2D eigenvalue weighted by Gasteiger charge is 2.46. The minimum Gasteiger partial charge on any atom is -0.374 e. The van der Waals surface area contributed by atoms with Crippen LogP contribution in [0.1, 0.15) is 50.7 Å². The fourth-order valence-electron chi connectivity index (χ4n) is 5.05. The Morgan fingerprint density at radius 2 is 1.66 bits per heavy atom. The van der Waals surface area contributed by atoms with Crippen LogP contribution in [0.5, 0.6) is 0 Å². The summed E-state index contributed by atoms with van der Waals surface area (Å²) in [4.78, 5) is 40.2. The topological polar surface area (TPSA) is 114 Å². The summed E-state index contributed by atoms with van der Waals surface area (Å²) in [5.41, 5.74) is 9.10. The lowest BCUT2D eigenvalue weighted by molar-refractivity contribution is -0.142. The van der Waals surface area contributed by atoms with Crippen molar-refractivity contribution in [1.29, 1.82) is 0 Å².